The van der Waals surface area contributed by atoms with Crippen molar-refractivity contribution >= 4 is 5.91 Å². The Hall–Kier alpha value is -1.86. The summed E-state index contributed by atoms with van der Waals surface area (Å²) in [5.74, 6) is -0.0365. The molecule has 1 aromatic rings. The van der Waals surface area contributed by atoms with Crippen LogP contribution in [0.3, 0.4) is 0 Å². The number of hydrogen-bond acceptors (Lipinski definition) is 3. The molecule has 18 heavy (non-hydrogen) atoms. The minimum Gasteiger partial charge on any atom is -0.353 e. The summed E-state index contributed by atoms with van der Waals surface area (Å²) in [6, 6.07) is 12.1. The van der Waals surface area contributed by atoms with Crippen LogP contribution in [0.2, 0.25) is 0 Å². The largest absolute Gasteiger partial charge is 0.353 e. The Balaban J connectivity index is 2.16. The van der Waals surface area contributed by atoms with E-state index in [9.17, 15) is 4.79 Å². The van der Waals surface area contributed by atoms with Gasteiger partial charge in [-0.2, -0.15) is 5.26 Å². The van der Waals surface area contributed by atoms with E-state index in [-0.39, 0.29) is 24.4 Å². The molecule has 1 N–H and O–H groups in total. The molecule has 0 spiro atoms. The topological polar surface area (TPSA) is 56.1 Å². The molecule has 0 aromatic heterocycles. The van der Waals surface area contributed by atoms with E-state index in [1.54, 1.807) is 0 Å². The fourth-order valence-corrected chi connectivity index (χ4v) is 2.30. The van der Waals surface area contributed by atoms with Crippen LogP contribution in [0.4, 0.5) is 0 Å². The average Bonchev–Trinajstić information content (AvgIpc) is 2.39. The molecule has 1 aliphatic heterocycles. The molecular weight excluding hydrogens is 226 g/mol. The van der Waals surface area contributed by atoms with Crippen LogP contribution in [-0.2, 0) is 11.3 Å². The van der Waals surface area contributed by atoms with Crippen molar-refractivity contribution in [3.8, 4) is 6.07 Å². The summed E-state index contributed by atoms with van der Waals surface area (Å²) >= 11 is 0. The standard InChI is InChI=1S/C14H17N3O/c1-11-9-16-14(18)13(7-8-15)17(11)10-12-5-3-2-4-6-12/h2-6,11,13H,7,9-10H2,1H3,(H,16,18). The van der Waals surface area contributed by atoms with Crippen molar-refractivity contribution in [3.05, 3.63) is 35.9 Å². The maximum Gasteiger partial charge on any atom is 0.238 e. The van der Waals surface area contributed by atoms with Gasteiger partial charge in [-0.25, -0.2) is 0 Å². The van der Waals surface area contributed by atoms with Gasteiger partial charge in [0, 0.05) is 19.1 Å². The number of hydrogen-bond donors (Lipinski definition) is 1. The first-order valence-corrected chi connectivity index (χ1v) is 6.16. The molecule has 0 saturated carbocycles. The highest BCUT2D eigenvalue weighted by atomic mass is 16.2. The van der Waals surface area contributed by atoms with E-state index < -0.39 is 0 Å². The monoisotopic (exact) mass is 243 g/mol. The molecule has 2 atom stereocenters. The van der Waals surface area contributed by atoms with Crippen molar-refractivity contribution in [1.82, 2.24) is 10.2 Å². The number of nitrogens with one attached hydrogen (secondary N) is 1. The van der Waals surface area contributed by atoms with Gasteiger partial charge < -0.3 is 5.32 Å². The van der Waals surface area contributed by atoms with E-state index >= 15 is 0 Å². The molecule has 1 fully saturated rings. The number of nitrogens with zero attached hydrogens (tertiary/aromatic N) is 2. The molecule has 1 aromatic carbocycles. The summed E-state index contributed by atoms with van der Waals surface area (Å²) in [5, 5.41) is 11.7. The van der Waals surface area contributed by atoms with Gasteiger partial charge in [0.05, 0.1) is 12.5 Å². The predicted molar refractivity (Wildman–Crippen MR) is 68.5 cm³/mol. The van der Waals surface area contributed by atoms with Gasteiger partial charge in [0.2, 0.25) is 5.91 Å². The first-order valence-electron chi connectivity index (χ1n) is 6.16. The number of carbonyl (C=O) groups excluding carboxylic acids is 1. The van der Waals surface area contributed by atoms with Gasteiger partial charge in [-0.05, 0) is 12.5 Å². The lowest BCUT2D eigenvalue weighted by molar-refractivity contribution is -0.131. The van der Waals surface area contributed by atoms with Crippen LogP contribution < -0.4 is 5.32 Å². The third kappa shape index (κ3) is 2.69. The number of rotatable bonds is 3. The molecule has 2 unspecified atom stereocenters. The van der Waals surface area contributed by atoms with Gasteiger partial charge >= 0.3 is 0 Å². The summed E-state index contributed by atoms with van der Waals surface area (Å²) in [6.07, 6.45) is 0.239. The fraction of sp³-hybridized carbons (Fsp3) is 0.429. The molecule has 4 nitrogen and oxygen atoms in total. The summed E-state index contributed by atoms with van der Waals surface area (Å²) in [7, 11) is 0. The van der Waals surface area contributed by atoms with Gasteiger partial charge in [0.15, 0.2) is 0 Å². The van der Waals surface area contributed by atoms with E-state index in [0.717, 1.165) is 0 Å². The smallest absolute Gasteiger partial charge is 0.238 e. The highest BCUT2D eigenvalue weighted by Crippen LogP contribution is 2.17. The van der Waals surface area contributed by atoms with Crippen molar-refractivity contribution in [2.45, 2.75) is 32.0 Å². The molecule has 0 bridgehead atoms. The lowest BCUT2D eigenvalue weighted by Crippen LogP contribution is -2.58. The molecule has 1 amide bonds. The Morgan fingerprint density at radius 2 is 2.17 bits per heavy atom. The van der Waals surface area contributed by atoms with Crippen molar-refractivity contribution in [3.63, 3.8) is 0 Å². The van der Waals surface area contributed by atoms with Crippen molar-refractivity contribution < 1.29 is 4.79 Å². The third-order valence-corrected chi connectivity index (χ3v) is 3.33. The van der Waals surface area contributed by atoms with E-state index in [2.05, 4.69) is 23.2 Å². The van der Waals surface area contributed by atoms with Gasteiger partial charge in [-0.1, -0.05) is 30.3 Å². The number of piperazine rings is 1. The van der Waals surface area contributed by atoms with Crippen LogP contribution in [0.25, 0.3) is 0 Å². The molecule has 2 rings (SSSR count). The zero-order valence-electron chi connectivity index (χ0n) is 10.5. The SMILES string of the molecule is CC1CNC(=O)C(CC#N)N1Cc1ccccc1. The van der Waals surface area contributed by atoms with Crippen LogP contribution in [0.5, 0.6) is 0 Å². The summed E-state index contributed by atoms with van der Waals surface area (Å²) in [4.78, 5) is 13.9. The van der Waals surface area contributed by atoms with Crippen molar-refractivity contribution in [1.29, 1.82) is 5.26 Å². The molecule has 1 heterocycles. The first kappa shape index (κ1) is 12.6. The van der Waals surface area contributed by atoms with E-state index in [4.69, 9.17) is 5.26 Å². The minimum atomic E-state index is -0.334. The number of amides is 1. The lowest BCUT2D eigenvalue weighted by atomic mass is 10.0. The van der Waals surface area contributed by atoms with Gasteiger partial charge in [0.25, 0.3) is 0 Å². The minimum absolute atomic E-state index is 0.0365. The van der Waals surface area contributed by atoms with Crippen LogP contribution in [-0.4, -0.2) is 29.4 Å². The van der Waals surface area contributed by atoms with Gasteiger partial charge in [-0.15, -0.1) is 0 Å². The molecule has 0 radical (unpaired) electrons. The second-order valence-corrected chi connectivity index (χ2v) is 4.63. The maximum absolute atomic E-state index is 11.8. The third-order valence-electron chi connectivity index (χ3n) is 3.33. The Morgan fingerprint density at radius 3 is 2.83 bits per heavy atom. The summed E-state index contributed by atoms with van der Waals surface area (Å²) < 4.78 is 0. The first-order chi connectivity index (χ1) is 8.72. The molecular formula is C14H17N3O. The average molecular weight is 243 g/mol. The second-order valence-electron chi connectivity index (χ2n) is 4.63. The zero-order valence-corrected chi connectivity index (χ0v) is 10.5. The van der Waals surface area contributed by atoms with Crippen LogP contribution in [0.15, 0.2) is 30.3 Å². The molecule has 1 saturated heterocycles. The van der Waals surface area contributed by atoms with Crippen LogP contribution >= 0.6 is 0 Å². The Labute approximate surface area is 107 Å². The highest BCUT2D eigenvalue weighted by molar-refractivity contribution is 5.82. The quantitative estimate of drug-likeness (QED) is 0.870. The predicted octanol–water partition coefficient (Wildman–Crippen LogP) is 1.29. The highest BCUT2D eigenvalue weighted by Gasteiger charge is 2.33. The molecule has 0 aliphatic carbocycles. The van der Waals surface area contributed by atoms with E-state index in [1.807, 2.05) is 30.3 Å². The number of nitriles is 1. The van der Waals surface area contributed by atoms with Crippen LogP contribution in [0, 0.1) is 11.3 Å². The van der Waals surface area contributed by atoms with Crippen LogP contribution in [0.1, 0.15) is 18.9 Å². The Bertz CT molecular complexity index is 452. The van der Waals surface area contributed by atoms with E-state index in [1.165, 1.54) is 5.56 Å². The fourth-order valence-electron chi connectivity index (χ4n) is 2.30. The maximum atomic E-state index is 11.8. The molecule has 4 heteroatoms. The Kier molecular flexibility index (Phi) is 3.96. The van der Waals surface area contributed by atoms with Crippen molar-refractivity contribution in [2.75, 3.05) is 6.54 Å². The summed E-state index contributed by atoms with van der Waals surface area (Å²) in [6.45, 7) is 3.43. The zero-order chi connectivity index (χ0) is 13.0. The number of carbonyl (C=O) groups is 1. The van der Waals surface area contributed by atoms with Gasteiger partial charge in [0.1, 0.15) is 6.04 Å². The normalized spacial score (nSPS) is 24.3. The van der Waals surface area contributed by atoms with Gasteiger partial charge in [-0.3, -0.25) is 9.69 Å². The lowest BCUT2D eigenvalue weighted by Gasteiger charge is -2.39. The summed E-state index contributed by atoms with van der Waals surface area (Å²) in [5.41, 5.74) is 1.17. The molecule has 1 aliphatic rings. The van der Waals surface area contributed by atoms with Crippen molar-refractivity contribution in [2.24, 2.45) is 0 Å². The van der Waals surface area contributed by atoms with E-state index in [0.29, 0.717) is 13.1 Å². The number of benzene rings is 1. The molecule has 94 valence electrons. The Morgan fingerprint density at radius 1 is 1.44 bits per heavy atom. The second kappa shape index (κ2) is 5.65.